The van der Waals surface area contributed by atoms with Crippen molar-refractivity contribution in [2.75, 3.05) is 38.8 Å². The first-order chi connectivity index (χ1) is 19.0. The molecule has 2 aliphatic rings. The largest absolute Gasteiger partial charge is 0.492 e. The minimum Gasteiger partial charge on any atom is -0.492 e. The van der Waals surface area contributed by atoms with Crippen LogP contribution in [0.2, 0.25) is 0 Å². The lowest BCUT2D eigenvalue weighted by molar-refractivity contribution is 0.0933. The van der Waals surface area contributed by atoms with E-state index in [1.54, 1.807) is 24.5 Å². The van der Waals surface area contributed by atoms with Gasteiger partial charge in [-0.3, -0.25) is 9.78 Å². The number of carbonyl (C=O) groups excluding carboxylic acids is 1. The van der Waals surface area contributed by atoms with Crippen LogP contribution >= 0.6 is 0 Å². The second kappa shape index (κ2) is 12.1. The number of fused-ring (bicyclic) bond motifs is 3. The number of carbonyl (C=O) groups is 1. The van der Waals surface area contributed by atoms with Crippen LogP contribution in [0.1, 0.15) is 61.5 Å². The number of hydrogen-bond donors (Lipinski definition) is 3. The van der Waals surface area contributed by atoms with Gasteiger partial charge in [0.1, 0.15) is 5.75 Å². The molecular formula is C30H37FN4O4. The summed E-state index contributed by atoms with van der Waals surface area (Å²) in [5.74, 6) is 1.09. The highest BCUT2D eigenvalue weighted by Crippen LogP contribution is 2.44. The predicted molar refractivity (Wildman–Crippen MR) is 148 cm³/mol. The van der Waals surface area contributed by atoms with Crippen molar-refractivity contribution in [3.8, 4) is 22.8 Å². The van der Waals surface area contributed by atoms with Crippen LogP contribution in [0.5, 0.6) is 11.5 Å². The molecular weight excluding hydrogens is 499 g/mol. The summed E-state index contributed by atoms with van der Waals surface area (Å²) in [4.78, 5) is 21.2. The van der Waals surface area contributed by atoms with E-state index >= 15 is 0 Å². The first kappa shape index (κ1) is 27.0. The second-order valence-electron chi connectivity index (χ2n) is 10.5. The number of ether oxygens (including phenoxy) is 3. The number of rotatable bonds is 3. The van der Waals surface area contributed by atoms with E-state index in [1.807, 2.05) is 6.07 Å². The molecule has 3 unspecified atom stereocenters. The quantitative estimate of drug-likeness (QED) is 0.378. The minimum atomic E-state index is -0.492. The number of hydrogen-bond acceptors (Lipinski definition) is 6. The Bertz CT molecular complexity index is 1310. The molecule has 0 saturated heterocycles. The number of halogens is 1. The lowest BCUT2D eigenvalue weighted by atomic mass is 9.91. The Labute approximate surface area is 228 Å². The van der Waals surface area contributed by atoms with Crippen LogP contribution in [0.3, 0.4) is 0 Å². The average molecular weight is 537 g/mol. The monoisotopic (exact) mass is 536 g/mol. The summed E-state index contributed by atoms with van der Waals surface area (Å²) in [7, 11) is 1.42. The molecule has 8 nitrogen and oxygen atoms in total. The van der Waals surface area contributed by atoms with E-state index in [0.29, 0.717) is 60.0 Å². The topological polar surface area (TPSA) is 97.5 Å². The van der Waals surface area contributed by atoms with Gasteiger partial charge in [-0.05, 0) is 55.7 Å². The lowest BCUT2D eigenvalue weighted by Gasteiger charge is -2.24. The van der Waals surface area contributed by atoms with Gasteiger partial charge < -0.3 is 29.8 Å². The van der Waals surface area contributed by atoms with Crippen molar-refractivity contribution in [1.29, 1.82) is 0 Å². The van der Waals surface area contributed by atoms with Gasteiger partial charge in [-0.2, -0.15) is 0 Å². The highest BCUT2D eigenvalue weighted by Gasteiger charge is 2.33. The molecule has 5 rings (SSSR count). The van der Waals surface area contributed by atoms with Crippen molar-refractivity contribution in [3.63, 3.8) is 0 Å². The van der Waals surface area contributed by atoms with E-state index in [4.69, 9.17) is 14.2 Å². The van der Waals surface area contributed by atoms with Gasteiger partial charge in [-0.15, -0.1) is 0 Å². The zero-order valence-corrected chi connectivity index (χ0v) is 22.8. The highest BCUT2D eigenvalue weighted by molar-refractivity contribution is 6.07. The third-order valence-corrected chi connectivity index (χ3v) is 8.02. The lowest BCUT2D eigenvalue weighted by Crippen LogP contribution is -2.35. The molecule has 9 heteroatoms. The molecule has 208 valence electrons. The van der Waals surface area contributed by atoms with Gasteiger partial charge in [0.15, 0.2) is 11.6 Å². The summed E-state index contributed by atoms with van der Waals surface area (Å²) >= 11 is 0. The Balaban J connectivity index is 1.61. The van der Waals surface area contributed by atoms with E-state index in [2.05, 4.69) is 34.4 Å². The van der Waals surface area contributed by atoms with Crippen LogP contribution in [-0.4, -0.2) is 49.4 Å². The Morgan fingerprint density at radius 2 is 1.92 bits per heavy atom. The van der Waals surface area contributed by atoms with Crippen LogP contribution in [0.15, 0.2) is 36.7 Å². The normalized spacial score (nSPS) is 22.2. The number of anilines is 2. The SMILES string of the molecule is COc1c(F)cccc1Nc1c2[nH]c3c1C(=O)NCC3CCCOCCC(C)C(C)CCOc1cnccc1-2. The Hall–Kier alpha value is -3.59. The summed E-state index contributed by atoms with van der Waals surface area (Å²) in [6.45, 7) is 7.00. The molecule has 3 N–H and O–H groups in total. The fraction of sp³-hybridized carbons (Fsp3) is 0.467. The van der Waals surface area contributed by atoms with E-state index in [9.17, 15) is 9.18 Å². The van der Waals surface area contributed by atoms with Crippen molar-refractivity contribution in [2.24, 2.45) is 11.8 Å². The van der Waals surface area contributed by atoms with Gasteiger partial charge in [-0.25, -0.2) is 4.39 Å². The number of aromatic amines is 1. The third-order valence-electron chi connectivity index (χ3n) is 8.02. The summed E-state index contributed by atoms with van der Waals surface area (Å²) in [6, 6.07) is 6.55. The molecule has 39 heavy (non-hydrogen) atoms. The second-order valence-corrected chi connectivity index (χ2v) is 10.5. The van der Waals surface area contributed by atoms with E-state index in [-0.39, 0.29) is 17.6 Å². The van der Waals surface area contributed by atoms with Crippen LogP contribution in [-0.2, 0) is 4.74 Å². The highest BCUT2D eigenvalue weighted by atomic mass is 19.1. The number of aromatic nitrogens is 2. The van der Waals surface area contributed by atoms with E-state index < -0.39 is 5.82 Å². The zero-order chi connectivity index (χ0) is 27.4. The van der Waals surface area contributed by atoms with Crippen molar-refractivity contribution in [2.45, 2.75) is 45.4 Å². The molecule has 2 bridgehead atoms. The molecule has 1 aromatic carbocycles. The number of nitrogens with zero attached hydrogens (tertiary/aromatic N) is 1. The van der Waals surface area contributed by atoms with Crippen molar-refractivity contribution in [1.82, 2.24) is 15.3 Å². The first-order valence-corrected chi connectivity index (χ1v) is 13.8. The molecule has 0 aliphatic carbocycles. The summed E-state index contributed by atoms with van der Waals surface area (Å²) < 4.78 is 32.2. The smallest absolute Gasteiger partial charge is 0.255 e. The number of pyridine rings is 1. The van der Waals surface area contributed by atoms with E-state index in [1.165, 1.54) is 13.2 Å². The number of nitrogens with one attached hydrogen (secondary N) is 3. The van der Waals surface area contributed by atoms with Crippen molar-refractivity contribution >= 4 is 17.3 Å². The number of para-hydroxylation sites is 1. The van der Waals surface area contributed by atoms with Crippen LogP contribution in [0.25, 0.3) is 11.3 Å². The number of H-pyrrole nitrogens is 1. The van der Waals surface area contributed by atoms with Crippen LogP contribution in [0.4, 0.5) is 15.8 Å². The molecule has 3 atom stereocenters. The molecule has 3 aromatic rings. The van der Waals surface area contributed by atoms with E-state index in [0.717, 1.165) is 43.5 Å². The maximum absolute atomic E-state index is 14.6. The van der Waals surface area contributed by atoms with Gasteiger partial charge >= 0.3 is 0 Å². The molecule has 0 spiro atoms. The Morgan fingerprint density at radius 1 is 1.10 bits per heavy atom. The maximum Gasteiger partial charge on any atom is 0.255 e. The number of amides is 1. The number of methoxy groups -OCH3 is 1. The molecule has 0 saturated carbocycles. The Morgan fingerprint density at radius 3 is 2.74 bits per heavy atom. The molecule has 0 fully saturated rings. The molecule has 1 amide bonds. The standard InChI is InChI=1S/C30H37FN4O4/c1-18-10-14-38-13-5-6-20-16-33-30(36)25-26(20)35-27(21-9-12-32-17-24(21)39-15-11-19(18)2)28(25)34-23-8-4-7-22(31)29(23)37-3/h4,7-9,12,17-20,34-35H,5-6,10-11,13-16H2,1-3H3,(H,33,36). The van der Waals surface area contributed by atoms with Crippen LogP contribution < -0.4 is 20.1 Å². The molecule has 2 aliphatic heterocycles. The zero-order valence-electron chi connectivity index (χ0n) is 22.8. The average Bonchev–Trinajstić information content (AvgIpc) is 3.31. The summed E-state index contributed by atoms with van der Waals surface area (Å²) in [5.41, 5.74) is 3.79. The maximum atomic E-state index is 14.6. The van der Waals surface area contributed by atoms with Crippen LogP contribution in [0, 0.1) is 17.7 Å². The third kappa shape index (κ3) is 5.73. The number of benzene rings is 1. The molecule has 4 heterocycles. The fourth-order valence-electron chi connectivity index (χ4n) is 5.42. The molecule has 0 radical (unpaired) electrons. The summed E-state index contributed by atoms with van der Waals surface area (Å²) in [5, 5.41) is 6.38. The van der Waals surface area contributed by atoms with Crippen molar-refractivity contribution < 1.29 is 23.4 Å². The van der Waals surface area contributed by atoms with Gasteiger partial charge in [-0.1, -0.05) is 19.9 Å². The minimum absolute atomic E-state index is 0.0749. The van der Waals surface area contributed by atoms with Gasteiger partial charge in [0.25, 0.3) is 5.91 Å². The fourth-order valence-corrected chi connectivity index (χ4v) is 5.42. The predicted octanol–water partition coefficient (Wildman–Crippen LogP) is 6.04. The summed E-state index contributed by atoms with van der Waals surface area (Å²) in [6.07, 6.45) is 7.05. The van der Waals surface area contributed by atoms with Gasteiger partial charge in [0.2, 0.25) is 0 Å². The Kier molecular flexibility index (Phi) is 8.35. The van der Waals surface area contributed by atoms with Gasteiger partial charge in [0, 0.05) is 43.1 Å². The molecule has 2 aromatic heterocycles. The first-order valence-electron chi connectivity index (χ1n) is 13.8. The van der Waals surface area contributed by atoms with Crippen molar-refractivity contribution in [3.05, 3.63) is 53.7 Å². The van der Waals surface area contributed by atoms with Gasteiger partial charge in [0.05, 0.1) is 42.5 Å².